The number of non-ortho nitro benzene ring substituents is 1. The lowest BCUT2D eigenvalue weighted by Crippen LogP contribution is -2.46. The van der Waals surface area contributed by atoms with Crippen molar-refractivity contribution in [3.05, 3.63) is 62.5 Å². The van der Waals surface area contributed by atoms with Crippen LogP contribution in [0.3, 0.4) is 0 Å². The minimum absolute atomic E-state index is 0.141. The lowest BCUT2D eigenvalue weighted by atomic mass is 9.66. The number of aliphatic hydroxyl groups is 2. The third kappa shape index (κ3) is 3.71. The maximum atomic E-state index is 12.2. The molecule has 2 rings (SSSR count). The summed E-state index contributed by atoms with van der Waals surface area (Å²) in [4.78, 5) is 36.3. The van der Waals surface area contributed by atoms with Crippen LogP contribution >= 0.6 is 0 Å². The van der Waals surface area contributed by atoms with E-state index < -0.39 is 35.0 Å². The van der Waals surface area contributed by atoms with Crippen molar-refractivity contribution in [2.45, 2.75) is 32.3 Å². The fraction of sp³-hybridized carbons (Fsp3) is 0.368. The molecule has 1 aromatic rings. The predicted octanol–water partition coefficient (Wildman–Crippen LogP) is 1.24. The van der Waals surface area contributed by atoms with Crippen LogP contribution in [0.15, 0.2) is 46.8 Å². The number of nitrogens with zero attached hydrogens (tertiary/aromatic N) is 2. The Balaban J connectivity index is 2.87. The van der Waals surface area contributed by atoms with Crippen molar-refractivity contribution < 1.29 is 34.9 Å². The summed E-state index contributed by atoms with van der Waals surface area (Å²) < 4.78 is 0. The maximum absolute atomic E-state index is 12.2. The quantitative estimate of drug-likeness (QED) is 0.385. The monoisotopic (exact) mass is 406 g/mol. The molecule has 0 spiro atoms. The molecule has 0 saturated heterocycles. The first-order valence-electron chi connectivity index (χ1n) is 8.67. The van der Waals surface area contributed by atoms with Crippen LogP contribution in [0.5, 0.6) is 0 Å². The number of benzene rings is 1. The van der Waals surface area contributed by atoms with E-state index in [9.17, 15) is 35.0 Å². The number of aliphatic carboxylic acids is 2. The molecule has 156 valence electrons. The van der Waals surface area contributed by atoms with Gasteiger partial charge in [-0.15, -0.1) is 0 Å². The Morgan fingerprint density at radius 1 is 1.17 bits per heavy atom. The zero-order chi connectivity index (χ0) is 22.1. The highest BCUT2D eigenvalue weighted by atomic mass is 16.6. The van der Waals surface area contributed by atoms with E-state index in [4.69, 9.17) is 5.11 Å². The molecule has 1 unspecified atom stereocenters. The minimum atomic E-state index is -1.70. The largest absolute Gasteiger partial charge is 0.478 e. The van der Waals surface area contributed by atoms with Gasteiger partial charge in [-0.25, -0.2) is 9.59 Å². The van der Waals surface area contributed by atoms with Crippen LogP contribution in [0.2, 0.25) is 0 Å². The zero-order valence-electron chi connectivity index (χ0n) is 16.1. The average Bonchev–Trinajstić information content (AvgIpc) is 2.64. The van der Waals surface area contributed by atoms with Gasteiger partial charge in [0.1, 0.15) is 0 Å². The number of carbonyl (C=O) groups is 2. The number of aliphatic hydroxyl groups excluding tert-OH is 2. The molecule has 1 atom stereocenters. The standard InChI is InChI=1S/C19H22N2O8/c1-10-15(17(24)25)19(3,12-5-4-6-13(7-12)21(28)29)16(18(26)27)11(2)20(10)8-14(23)9-22/h4-7,14,22-23H,8-9H2,1-3H3,(H,24,25)(H,26,27). The molecule has 10 heteroatoms. The minimum Gasteiger partial charge on any atom is -0.478 e. The average molecular weight is 406 g/mol. The van der Waals surface area contributed by atoms with Crippen LogP contribution in [0.1, 0.15) is 26.3 Å². The Morgan fingerprint density at radius 2 is 1.69 bits per heavy atom. The van der Waals surface area contributed by atoms with Crippen molar-refractivity contribution in [2.75, 3.05) is 13.2 Å². The van der Waals surface area contributed by atoms with Crippen LogP contribution in [0.25, 0.3) is 0 Å². The third-order valence-electron chi connectivity index (χ3n) is 5.20. The number of carboxylic acids is 2. The Kier molecular flexibility index (Phi) is 6.10. The van der Waals surface area contributed by atoms with E-state index in [0.717, 1.165) is 6.07 Å². The van der Waals surface area contributed by atoms with E-state index in [2.05, 4.69) is 0 Å². The first-order valence-corrected chi connectivity index (χ1v) is 8.67. The highest BCUT2D eigenvalue weighted by Crippen LogP contribution is 2.47. The van der Waals surface area contributed by atoms with Gasteiger partial charge in [0.25, 0.3) is 5.69 Å². The van der Waals surface area contributed by atoms with Gasteiger partial charge in [-0.1, -0.05) is 12.1 Å². The molecule has 0 amide bonds. The molecular weight excluding hydrogens is 384 g/mol. The van der Waals surface area contributed by atoms with Gasteiger partial charge >= 0.3 is 11.9 Å². The number of hydrogen-bond acceptors (Lipinski definition) is 7. The molecule has 4 N–H and O–H groups in total. The van der Waals surface area contributed by atoms with Crippen LogP contribution < -0.4 is 0 Å². The van der Waals surface area contributed by atoms with Gasteiger partial charge in [0.05, 0.1) is 40.7 Å². The number of carboxylic acid groups (broad SMARTS) is 2. The first-order chi connectivity index (χ1) is 13.5. The lowest BCUT2D eigenvalue weighted by Gasteiger charge is -2.43. The fourth-order valence-electron chi connectivity index (χ4n) is 3.87. The van der Waals surface area contributed by atoms with Gasteiger partial charge in [0.2, 0.25) is 0 Å². The molecule has 29 heavy (non-hydrogen) atoms. The summed E-state index contributed by atoms with van der Waals surface area (Å²) in [6.07, 6.45) is -1.23. The summed E-state index contributed by atoms with van der Waals surface area (Å²) in [6, 6.07) is 5.19. The maximum Gasteiger partial charge on any atom is 0.334 e. The highest BCUT2D eigenvalue weighted by molar-refractivity contribution is 6.00. The smallest absolute Gasteiger partial charge is 0.334 e. The van der Waals surface area contributed by atoms with Gasteiger partial charge in [0.15, 0.2) is 0 Å². The summed E-state index contributed by atoms with van der Waals surface area (Å²) in [6.45, 7) is 3.51. The van der Waals surface area contributed by atoms with E-state index in [-0.39, 0.29) is 40.3 Å². The molecule has 1 aliphatic heterocycles. The highest BCUT2D eigenvalue weighted by Gasteiger charge is 2.49. The van der Waals surface area contributed by atoms with Gasteiger partial charge in [-0.2, -0.15) is 0 Å². The molecule has 1 aliphatic rings. The number of hydrogen-bond donors (Lipinski definition) is 4. The van der Waals surface area contributed by atoms with Crippen molar-refractivity contribution in [3.63, 3.8) is 0 Å². The fourth-order valence-corrected chi connectivity index (χ4v) is 3.87. The second kappa shape index (κ2) is 8.02. The van der Waals surface area contributed by atoms with E-state index in [1.165, 1.54) is 43.9 Å². The van der Waals surface area contributed by atoms with Gasteiger partial charge < -0.3 is 25.3 Å². The summed E-state index contributed by atoms with van der Waals surface area (Å²) in [5.74, 6) is -2.79. The van der Waals surface area contributed by atoms with Crippen LogP contribution in [0.4, 0.5) is 5.69 Å². The van der Waals surface area contributed by atoms with E-state index in [1.54, 1.807) is 0 Å². The predicted molar refractivity (Wildman–Crippen MR) is 101 cm³/mol. The molecule has 0 saturated carbocycles. The van der Waals surface area contributed by atoms with Gasteiger partial charge in [-0.3, -0.25) is 10.1 Å². The van der Waals surface area contributed by atoms with E-state index in [0.29, 0.717) is 0 Å². The summed E-state index contributed by atoms with van der Waals surface area (Å²) in [5.41, 5.74) is -2.09. The number of nitro groups is 1. The van der Waals surface area contributed by atoms with E-state index >= 15 is 0 Å². The van der Waals surface area contributed by atoms with Crippen molar-refractivity contribution in [3.8, 4) is 0 Å². The van der Waals surface area contributed by atoms with Gasteiger partial charge in [0, 0.05) is 23.5 Å². The number of β-amino-alcohol motifs (C(OH)–C–C–N with tert-alkyl or cyclic N) is 1. The zero-order valence-corrected chi connectivity index (χ0v) is 16.1. The Hall–Kier alpha value is -3.24. The molecular formula is C19H22N2O8. The normalized spacial score (nSPS) is 17.3. The van der Waals surface area contributed by atoms with Gasteiger partial charge in [-0.05, 0) is 26.3 Å². The van der Waals surface area contributed by atoms with E-state index in [1.807, 2.05) is 0 Å². The van der Waals surface area contributed by atoms with Crippen LogP contribution in [0, 0.1) is 10.1 Å². The number of rotatable bonds is 7. The topological polar surface area (TPSA) is 161 Å². The number of nitro benzene ring substituents is 1. The lowest BCUT2D eigenvalue weighted by molar-refractivity contribution is -0.385. The van der Waals surface area contributed by atoms with Crippen molar-refractivity contribution in [2.24, 2.45) is 0 Å². The summed E-state index contributed by atoms with van der Waals surface area (Å²) >= 11 is 0. The Bertz CT molecular complexity index is 896. The molecule has 0 radical (unpaired) electrons. The Morgan fingerprint density at radius 3 is 2.10 bits per heavy atom. The van der Waals surface area contributed by atoms with Crippen LogP contribution in [-0.2, 0) is 15.0 Å². The third-order valence-corrected chi connectivity index (χ3v) is 5.20. The molecule has 0 bridgehead atoms. The molecule has 10 nitrogen and oxygen atoms in total. The molecule has 0 aliphatic carbocycles. The molecule has 1 heterocycles. The summed E-state index contributed by atoms with van der Waals surface area (Å²) in [5, 5.41) is 50.0. The van der Waals surface area contributed by atoms with Crippen molar-refractivity contribution in [1.82, 2.24) is 4.90 Å². The summed E-state index contributed by atoms with van der Waals surface area (Å²) in [7, 11) is 0. The Labute approximate surface area is 166 Å². The van der Waals surface area contributed by atoms with Crippen LogP contribution in [-0.4, -0.2) is 61.4 Å². The molecule has 0 aromatic heterocycles. The number of allylic oxidation sites excluding steroid dienone is 2. The molecule has 0 fully saturated rings. The SMILES string of the molecule is CC1=C(C(=O)O)C(C)(c2cccc([N+](=O)[O-])c2)C(C(=O)O)=C(C)N1CC(O)CO. The molecule has 1 aromatic carbocycles. The second-order valence-corrected chi connectivity index (χ2v) is 6.91. The van der Waals surface area contributed by atoms with Crippen molar-refractivity contribution in [1.29, 1.82) is 0 Å². The van der Waals surface area contributed by atoms with Crippen molar-refractivity contribution >= 4 is 17.6 Å². The second-order valence-electron chi connectivity index (χ2n) is 6.91. The first kappa shape index (κ1) is 22.1.